The summed E-state index contributed by atoms with van der Waals surface area (Å²) in [6, 6.07) is 50.4. The van der Waals surface area contributed by atoms with Gasteiger partial charge < -0.3 is 34.0 Å². The van der Waals surface area contributed by atoms with Crippen molar-refractivity contribution in [2.45, 2.75) is 68.9 Å². The third-order valence-electron chi connectivity index (χ3n) is 12.6. The molecule has 0 N–H and O–H groups in total. The van der Waals surface area contributed by atoms with E-state index in [2.05, 4.69) is 230 Å². The molecule has 0 aliphatic carbocycles. The van der Waals surface area contributed by atoms with E-state index >= 15 is 0 Å². The number of aryl methyl sites for hydroxylation is 1. The average Bonchev–Trinajstić information content (AvgIpc) is 3.62. The Kier molecular flexibility index (Phi) is 13.8. The lowest BCUT2D eigenvalue weighted by Crippen LogP contribution is -2.22. The summed E-state index contributed by atoms with van der Waals surface area (Å²) in [5.41, 5.74) is 14.3. The number of hydrogen-bond donors (Lipinski definition) is 0. The maximum Gasteiger partial charge on any atom is 0.0492 e. The summed E-state index contributed by atoms with van der Waals surface area (Å²) in [5.74, 6) is 0. The van der Waals surface area contributed by atoms with Gasteiger partial charge in [-0.3, -0.25) is 0 Å². The molecule has 0 bridgehead atoms. The van der Waals surface area contributed by atoms with Gasteiger partial charge in [-0.15, -0.1) is 0 Å². The monoisotopic (exact) mass is 814 g/mol. The molecule has 7 rings (SSSR count). The van der Waals surface area contributed by atoms with E-state index in [0.29, 0.717) is 0 Å². The number of hydrogen-bond acceptors (Lipinski definition) is 6. The van der Waals surface area contributed by atoms with E-state index < -0.39 is 0 Å². The van der Waals surface area contributed by atoms with Gasteiger partial charge >= 0.3 is 0 Å². The Hall–Kier alpha value is -6.08. The second-order valence-electron chi connectivity index (χ2n) is 15.6. The quantitative estimate of drug-likeness (QED) is 0.0806. The standard InChI is InChI=1S/C54H67N7/c1-10-55(11-2)41-19-27-45(28-20-41)60(46-29-21-42(22-30-46)56(12-3)13-4)49-35-37-53-51(39-49)52-40-50(36-38-54(52)59(53)18-9)61(47-31-23-43(24-32-47)57(14-5)15-6)48-33-25-44(26-34-48)58(16-7)17-8/h19-40H,10-18H2,1-9H3. The summed E-state index contributed by atoms with van der Waals surface area (Å²) in [4.78, 5) is 14.4. The van der Waals surface area contributed by atoms with E-state index in [1.807, 2.05) is 0 Å². The summed E-state index contributed by atoms with van der Waals surface area (Å²) in [6.07, 6.45) is 0. The highest BCUT2D eigenvalue weighted by Gasteiger charge is 2.20. The Balaban J connectivity index is 1.39. The minimum Gasteiger partial charge on any atom is -0.372 e. The largest absolute Gasteiger partial charge is 0.372 e. The molecule has 0 radical (unpaired) electrons. The van der Waals surface area contributed by atoms with Crippen LogP contribution in [0, 0.1) is 0 Å². The van der Waals surface area contributed by atoms with Crippen molar-refractivity contribution < 1.29 is 0 Å². The van der Waals surface area contributed by atoms with Crippen molar-refractivity contribution in [1.82, 2.24) is 4.57 Å². The normalized spacial score (nSPS) is 11.3. The van der Waals surface area contributed by atoms with E-state index in [1.165, 1.54) is 44.6 Å². The van der Waals surface area contributed by atoms with Gasteiger partial charge in [0.25, 0.3) is 0 Å². The zero-order valence-corrected chi connectivity index (χ0v) is 38.2. The van der Waals surface area contributed by atoms with Gasteiger partial charge in [-0.1, -0.05) is 0 Å². The number of anilines is 10. The van der Waals surface area contributed by atoms with Gasteiger partial charge in [0.15, 0.2) is 0 Å². The summed E-state index contributed by atoms with van der Waals surface area (Å²) in [5, 5.41) is 2.49. The van der Waals surface area contributed by atoms with E-state index in [4.69, 9.17) is 0 Å². The molecule has 61 heavy (non-hydrogen) atoms. The first-order valence-electron chi connectivity index (χ1n) is 22.9. The Morgan fingerprint density at radius 2 is 0.492 bits per heavy atom. The predicted molar refractivity (Wildman–Crippen MR) is 269 cm³/mol. The van der Waals surface area contributed by atoms with Crippen LogP contribution in [0.2, 0.25) is 0 Å². The van der Waals surface area contributed by atoms with Crippen molar-refractivity contribution in [2.75, 3.05) is 81.8 Å². The minimum atomic E-state index is 0.880. The summed E-state index contributed by atoms with van der Waals surface area (Å²) >= 11 is 0. The molecule has 0 unspecified atom stereocenters. The van der Waals surface area contributed by atoms with Crippen molar-refractivity contribution in [3.8, 4) is 0 Å². The molecule has 0 spiro atoms. The van der Waals surface area contributed by atoms with E-state index in [-0.39, 0.29) is 0 Å². The number of fused-ring (bicyclic) bond motifs is 3. The third-order valence-corrected chi connectivity index (χ3v) is 12.6. The van der Waals surface area contributed by atoms with Crippen molar-refractivity contribution in [1.29, 1.82) is 0 Å². The molecule has 1 heterocycles. The summed E-state index contributed by atoms with van der Waals surface area (Å²) in [7, 11) is 0. The van der Waals surface area contributed by atoms with Crippen LogP contribution < -0.4 is 29.4 Å². The molecule has 0 aliphatic heterocycles. The van der Waals surface area contributed by atoms with Crippen LogP contribution in [0.3, 0.4) is 0 Å². The summed E-state index contributed by atoms with van der Waals surface area (Å²) < 4.78 is 2.46. The Morgan fingerprint density at radius 3 is 0.705 bits per heavy atom. The van der Waals surface area contributed by atoms with Crippen LogP contribution in [0.5, 0.6) is 0 Å². The fourth-order valence-corrected chi connectivity index (χ4v) is 9.20. The predicted octanol–water partition coefficient (Wildman–Crippen LogP) is 14.1. The van der Waals surface area contributed by atoms with Gasteiger partial charge in [-0.2, -0.15) is 0 Å². The fourth-order valence-electron chi connectivity index (χ4n) is 9.20. The maximum atomic E-state index is 2.46. The van der Waals surface area contributed by atoms with Crippen LogP contribution in [0.25, 0.3) is 21.8 Å². The van der Waals surface area contributed by atoms with E-state index in [1.54, 1.807) is 0 Å². The van der Waals surface area contributed by atoms with Crippen molar-refractivity contribution in [3.63, 3.8) is 0 Å². The number of benzene rings is 6. The van der Waals surface area contributed by atoms with Gasteiger partial charge in [0, 0.05) is 138 Å². The molecule has 7 heteroatoms. The fraction of sp³-hybridized carbons (Fsp3) is 0.333. The van der Waals surface area contributed by atoms with Crippen LogP contribution in [0.15, 0.2) is 133 Å². The lowest BCUT2D eigenvalue weighted by molar-refractivity contribution is 0.827. The second-order valence-corrected chi connectivity index (χ2v) is 15.6. The van der Waals surface area contributed by atoms with Gasteiger partial charge in [0.05, 0.1) is 0 Å². The maximum absolute atomic E-state index is 2.46. The van der Waals surface area contributed by atoms with Crippen LogP contribution in [0.4, 0.5) is 56.9 Å². The zero-order valence-electron chi connectivity index (χ0n) is 38.2. The van der Waals surface area contributed by atoms with Gasteiger partial charge in [0.2, 0.25) is 0 Å². The van der Waals surface area contributed by atoms with Crippen molar-refractivity contribution >= 4 is 78.7 Å². The molecule has 1 aromatic heterocycles. The first-order chi connectivity index (χ1) is 29.8. The van der Waals surface area contributed by atoms with Gasteiger partial charge in [-0.25, -0.2) is 0 Å². The molecule has 318 valence electrons. The lowest BCUT2D eigenvalue weighted by Gasteiger charge is -2.28. The molecular formula is C54H67N7. The van der Waals surface area contributed by atoms with Gasteiger partial charge in [-0.05, 0) is 196 Å². The van der Waals surface area contributed by atoms with Crippen LogP contribution in [-0.2, 0) is 6.54 Å². The molecule has 0 amide bonds. The van der Waals surface area contributed by atoms with Crippen LogP contribution in [0.1, 0.15) is 62.3 Å². The lowest BCUT2D eigenvalue weighted by atomic mass is 10.1. The molecule has 6 aromatic carbocycles. The second kappa shape index (κ2) is 19.5. The van der Waals surface area contributed by atoms with E-state index in [9.17, 15) is 0 Å². The topological polar surface area (TPSA) is 24.4 Å². The highest BCUT2D eigenvalue weighted by Crippen LogP contribution is 2.43. The molecule has 0 fully saturated rings. The van der Waals surface area contributed by atoms with Crippen molar-refractivity contribution in [2.24, 2.45) is 0 Å². The Bertz CT molecular complexity index is 2170. The molecular weight excluding hydrogens is 747 g/mol. The number of nitrogens with zero attached hydrogens (tertiary/aromatic N) is 7. The van der Waals surface area contributed by atoms with Crippen LogP contribution >= 0.6 is 0 Å². The third kappa shape index (κ3) is 8.61. The summed E-state index contributed by atoms with van der Waals surface area (Å²) in [6.45, 7) is 28.7. The molecule has 0 atom stereocenters. The SMILES string of the molecule is CCN(CC)c1ccc(N(c2ccc(N(CC)CC)cc2)c2ccc3c(c2)c2cc(N(c4ccc(N(CC)CC)cc4)c4ccc(N(CC)CC)cc4)ccc2n3CC)cc1. The smallest absolute Gasteiger partial charge is 0.0492 e. The number of rotatable bonds is 19. The van der Waals surface area contributed by atoms with E-state index in [0.717, 1.165) is 93.0 Å². The minimum absolute atomic E-state index is 0.880. The zero-order chi connectivity index (χ0) is 43.0. The molecule has 7 nitrogen and oxygen atoms in total. The van der Waals surface area contributed by atoms with Gasteiger partial charge in [0.1, 0.15) is 0 Å². The Morgan fingerprint density at radius 1 is 0.279 bits per heavy atom. The average molecular weight is 814 g/mol. The Labute approximate surface area is 366 Å². The first-order valence-corrected chi connectivity index (χ1v) is 22.9. The molecule has 0 saturated heterocycles. The van der Waals surface area contributed by atoms with Crippen molar-refractivity contribution in [3.05, 3.63) is 133 Å². The molecule has 0 aliphatic rings. The highest BCUT2D eigenvalue weighted by molar-refractivity contribution is 6.11. The number of aromatic nitrogens is 1. The molecule has 7 aromatic rings. The molecule has 0 saturated carbocycles. The van der Waals surface area contributed by atoms with Crippen LogP contribution in [-0.4, -0.2) is 56.9 Å². The highest BCUT2D eigenvalue weighted by atomic mass is 15.2. The first kappa shape index (κ1) is 43.0.